The second-order valence-electron chi connectivity index (χ2n) is 4.10. The molecule has 0 spiro atoms. The minimum absolute atomic E-state index is 0.0214. The number of nitrogens with zero attached hydrogens (tertiary/aromatic N) is 3. The highest BCUT2D eigenvalue weighted by molar-refractivity contribution is 7.80. The first-order chi connectivity index (χ1) is 8.99. The van der Waals surface area contributed by atoms with Crippen LogP contribution in [-0.4, -0.2) is 79.4 Å². The van der Waals surface area contributed by atoms with Gasteiger partial charge in [0.1, 0.15) is 25.0 Å². The molecular formula is C8H15N5O5S. The number of thiocarbonyl (C=S) groups is 1. The normalized spacial score (nSPS) is 35.6. The number of hydrogen-bond donors (Lipinski definition) is 6. The van der Waals surface area contributed by atoms with Crippen molar-refractivity contribution in [3.8, 4) is 0 Å². The van der Waals surface area contributed by atoms with Crippen LogP contribution < -0.4 is 11.3 Å². The van der Waals surface area contributed by atoms with Gasteiger partial charge >= 0.3 is 0 Å². The molecule has 0 aromatic carbocycles. The van der Waals surface area contributed by atoms with Crippen LogP contribution in [-0.2, 0) is 4.74 Å². The average Bonchev–Trinajstić information content (AvgIpc) is 2.68. The van der Waals surface area contributed by atoms with Crippen molar-refractivity contribution in [1.29, 1.82) is 0 Å². The van der Waals surface area contributed by atoms with Crippen molar-refractivity contribution in [3.05, 3.63) is 0 Å². The lowest BCUT2D eigenvalue weighted by Gasteiger charge is -2.36. The largest absolute Gasteiger partial charge is 0.394 e. The van der Waals surface area contributed by atoms with Crippen LogP contribution in [0, 0.1) is 0 Å². The van der Waals surface area contributed by atoms with Gasteiger partial charge in [-0.2, -0.15) is 4.99 Å². The van der Waals surface area contributed by atoms with Crippen molar-refractivity contribution in [1.82, 2.24) is 15.4 Å². The zero-order valence-electron chi connectivity index (χ0n) is 9.75. The van der Waals surface area contributed by atoms with E-state index >= 15 is 0 Å². The Bertz CT molecular complexity index is 396. The highest BCUT2D eigenvalue weighted by atomic mass is 32.1. The van der Waals surface area contributed by atoms with Gasteiger partial charge < -0.3 is 20.1 Å². The first-order valence-electron chi connectivity index (χ1n) is 5.44. The van der Waals surface area contributed by atoms with Crippen LogP contribution in [0.1, 0.15) is 0 Å². The Kier molecular flexibility index (Phi) is 4.15. The molecular weight excluding hydrogens is 278 g/mol. The number of aliphatic hydroxyl groups is 3. The van der Waals surface area contributed by atoms with Gasteiger partial charge in [0, 0.05) is 0 Å². The molecule has 7 N–H and O–H groups in total. The molecule has 0 radical (unpaired) electrons. The minimum atomic E-state index is -1.29. The van der Waals surface area contributed by atoms with Crippen molar-refractivity contribution in [2.75, 3.05) is 13.3 Å². The molecule has 0 bridgehead atoms. The van der Waals surface area contributed by atoms with Gasteiger partial charge in [0.2, 0.25) is 11.1 Å². The molecule has 0 aromatic rings. The number of nitrogens with two attached hydrogens (primary N) is 1. The first-order valence-corrected chi connectivity index (χ1v) is 5.85. The van der Waals surface area contributed by atoms with Gasteiger partial charge in [0.05, 0.1) is 6.61 Å². The van der Waals surface area contributed by atoms with Crippen LogP contribution in [0.3, 0.4) is 0 Å². The highest BCUT2D eigenvalue weighted by Gasteiger charge is 2.47. The lowest BCUT2D eigenvalue weighted by molar-refractivity contribution is -0.121. The average molecular weight is 293 g/mol. The van der Waals surface area contributed by atoms with Gasteiger partial charge in [-0.1, -0.05) is 0 Å². The number of nitrogens with one attached hydrogen (secondary N) is 1. The van der Waals surface area contributed by atoms with Crippen LogP contribution >= 0.6 is 12.2 Å². The summed E-state index contributed by atoms with van der Waals surface area (Å²) in [6, 6.07) is 0. The number of aliphatic imine (C=N–C) groups is 1. The Morgan fingerprint density at radius 2 is 2.16 bits per heavy atom. The summed E-state index contributed by atoms with van der Waals surface area (Å²) in [4.78, 5) is 5.06. The predicted octanol–water partition coefficient (Wildman–Crippen LogP) is -3.51. The van der Waals surface area contributed by atoms with Gasteiger partial charge in [-0.25, -0.2) is 10.9 Å². The molecule has 0 saturated carbocycles. The number of rotatable bonds is 2. The van der Waals surface area contributed by atoms with Gasteiger partial charge in [0.15, 0.2) is 6.23 Å². The SMILES string of the molecule is NNC1=NC(=S)N([C@@H]2O[C@H](CO)C(O)C2O)CN1O. The standard InChI is InChI=1S/C8H15N5O5S/c9-11-7-10-8(19)12(2-13(7)17)6-5(16)4(15)3(1-14)18-6/h3-6,14-17H,1-2,9H2,(H,10,11,19)/t3-,4?,5?,6-/m1/s1. The zero-order chi connectivity index (χ0) is 14.2. The number of hydrogen-bond acceptors (Lipinski definition) is 9. The molecule has 2 heterocycles. The molecule has 0 aliphatic carbocycles. The Morgan fingerprint density at radius 1 is 1.47 bits per heavy atom. The summed E-state index contributed by atoms with van der Waals surface area (Å²) in [6.45, 7) is -0.606. The molecule has 2 aliphatic heterocycles. The van der Waals surface area contributed by atoms with Crippen LogP contribution in [0.4, 0.5) is 0 Å². The molecule has 0 aromatic heterocycles. The molecule has 108 valence electrons. The van der Waals surface area contributed by atoms with E-state index < -0.39 is 31.1 Å². The van der Waals surface area contributed by atoms with E-state index in [0.717, 1.165) is 0 Å². The van der Waals surface area contributed by atoms with Crippen LogP contribution in [0.5, 0.6) is 0 Å². The maximum atomic E-state index is 9.86. The lowest BCUT2D eigenvalue weighted by atomic mass is 10.1. The number of hydrazine groups is 1. The molecule has 2 unspecified atom stereocenters. The van der Waals surface area contributed by atoms with E-state index in [9.17, 15) is 15.4 Å². The van der Waals surface area contributed by atoms with E-state index in [1.54, 1.807) is 0 Å². The summed E-state index contributed by atoms with van der Waals surface area (Å²) in [5.74, 6) is 5.09. The summed E-state index contributed by atoms with van der Waals surface area (Å²) >= 11 is 5.00. The second-order valence-corrected chi connectivity index (χ2v) is 4.47. The number of hydroxylamine groups is 2. The fourth-order valence-electron chi connectivity index (χ4n) is 1.92. The minimum Gasteiger partial charge on any atom is -0.394 e. The van der Waals surface area contributed by atoms with E-state index in [4.69, 9.17) is 27.9 Å². The summed E-state index contributed by atoms with van der Waals surface area (Å²) in [7, 11) is 0. The molecule has 11 heteroatoms. The molecule has 0 amide bonds. The predicted molar refractivity (Wildman–Crippen MR) is 65.4 cm³/mol. The van der Waals surface area contributed by atoms with E-state index in [2.05, 4.69) is 10.4 Å². The summed E-state index contributed by atoms with van der Waals surface area (Å²) in [5, 5.41) is 38.8. The molecule has 2 aliphatic rings. The van der Waals surface area contributed by atoms with Gasteiger partial charge in [-0.15, -0.1) is 0 Å². The third-order valence-electron chi connectivity index (χ3n) is 2.93. The van der Waals surface area contributed by atoms with Crippen LogP contribution in [0.15, 0.2) is 4.99 Å². The highest BCUT2D eigenvalue weighted by Crippen LogP contribution is 2.25. The molecule has 1 fully saturated rings. The molecule has 10 nitrogen and oxygen atoms in total. The molecule has 2 rings (SSSR count). The van der Waals surface area contributed by atoms with E-state index in [-0.39, 0.29) is 17.7 Å². The first kappa shape index (κ1) is 14.3. The van der Waals surface area contributed by atoms with Gasteiger partial charge in [-0.3, -0.25) is 15.5 Å². The van der Waals surface area contributed by atoms with Crippen molar-refractivity contribution < 1.29 is 25.3 Å². The van der Waals surface area contributed by atoms with E-state index in [0.29, 0.717) is 5.06 Å². The number of guanidine groups is 1. The molecule has 19 heavy (non-hydrogen) atoms. The van der Waals surface area contributed by atoms with Crippen molar-refractivity contribution >= 4 is 23.3 Å². The quantitative estimate of drug-likeness (QED) is 0.172. The van der Waals surface area contributed by atoms with E-state index in [1.807, 2.05) is 0 Å². The lowest BCUT2D eigenvalue weighted by Crippen LogP contribution is -2.58. The van der Waals surface area contributed by atoms with Crippen LogP contribution in [0.2, 0.25) is 0 Å². The molecule has 1 saturated heterocycles. The third kappa shape index (κ3) is 2.49. The van der Waals surface area contributed by atoms with Crippen molar-refractivity contribution in [3.63, 3.8) is 0 Å². The fourth-order valence-corrected chi connectivity index (χ4v) is 2.17. The van der Waals surface area contributed by atoms with Crippen molar-refractivity contribution in [2.45, 2.75) is 24.5 Å². The monoisotopic (exact) mass is 293 g/mol. The van der Waals surface area contributed by atoms with Gasteiger partial charge in [0.25, 0.3) is 0 Å². The van der Waals surface area contributed by atoms with Gasteiger partial charge in [-0.05, 0) is 12.2 Å². The summed E-state index contributed by atoms with van der Waals surface area (Å²) in [5.41, 5.74) is 2.15. The Morgan fingerprint density at radius 3 is 2.68 bits per heavy atom. The third-order valence-corrected chi connectivity index (χ3v) is 3.26. The number of ether oxygens (including phenoxy) is 1. The number of aliphatic hydroxyl groups excluding tert-OH is 3. The maximum Gasteiger partial charge on any atom is 0.241 e. The Labute approximate surface area is 113 Å². The van der Waals surface area contributed by atoms with E-state index in [1.165, 1.54) is 4.90 Å². The fraction of sp³-hybridized carbons (Fsp3) is 0.750. The smallest absolute Gasteiger partial charge is 0.241 e. The topological polar surface area (TPSA) is 147 Å². The Hall–Kier alpha value is -1.08. The second kappa shape index (κ2) is 5.50. The summed E-state index contributed by atoms with van der Waals surface area (Å²) in [6.07, 6.45) is -4.47. The maximum absolute atomic E-state index is 9.86. The zero-order valence-corrected chi connectivity index (χ0v) is 10.6. The summed E-state index contributed by atoms with van der Waals surface area (Å²) < 4.78 is 5.29. The van der Waals surface area contributed by atoms with Crippen molar-refractivity contribution in [2.24, 2.45) is 10.8 Å². The van der Waals surface area contributed by atoms with Crippen LogP contribution in [0.25, 0.3) is 0 Å². The molecule has 4 atom stereocenters. The Balaban J connectivity index is 2.15.